The number of para-hydroxylation sites is 1. The standard InChI is InChI=1S/C32H40N2O10/c1-19(35)40-27-28(41-20(2)36)30(42-21(3)37)32(44-29(27)31(38)39-6)43-24-14-15-26-23(18-24)13-12-22-10-7-8-11-25(22)34(26)17-9-16-33(4)5/h7-8,10-11,14-15,18,27-30,32H,9,12-13,16-17H2,1-6H3/t27-,28-,29-,30+,32+/m1/s1. The van der Waals surface area contributed by atoms with Crippen LogP contribution in [-0.2, 0) is 55.7 Å². The maximum Gasteiger partial charge on any atom is 0.339 e. The molecule has 0 saturated carbocycles. The average Bonchev–Trinajstić information content (AvgIpc) is 3.11. The quantitative estimate of drug-likeness (QED) is 0.289. The van der Waals surface area contributed by atoms with Crippen LogP contribution in [0.3, 0.4) is 0 Å². The number of fused-ring (bicyclic) bond motifs is 2. The summed E-state index contributed by atoms with van der Waals surface area (Å²) < 4.78 is 33.3. The van der Waals surface area contributed by atoms with Gasteiger partial charge in [0.05, 0.1) is 7.11 Å². The Kier molecular flexibility index (Phi) is 10.8. The third-order valence-corrected chi connectivity index (χ3v) is 7.36. The molecule has 0 radical (unpaired) electrons. The van der Waals surface area contributed by atoms with Gasteiger partial charge in [0.15, 0.2) is 18.3 Å². The van der Waals surface area contributed by atoms with Crippen molar-refractivity contribution in [2.24, 2.45) is 0 Å². The molecule has 4 rings (SSSR count). The predicted molar refractivity (Wildman–Crippen MR) is 158 cm³/mol. The smallest absolute Gasteiger partial charge is 0.339 e. The zero-order valence-electron chi connectivity index (χ0n) is 25.9. The molecule has 2 aliphatic rings. The first-order valence-electron chi connectivity index (χ1n) is 14.5. The molecule has 0 unspecified atom stereocenters. The van der Waals surface area contributed by atoms with Crippen molar-refractivity contribution in [1.82, 2.24) is 4.90 Å². The van der Waals surface area contributed by atoms with Gasteiger partial charge in [-0.2, -0.15) is 0 Å². The molecular formula is C32H40N2O10. The summed E-state index contributed by atoms with van der Waals surface area (Å²) in [5.41, 5.74) is 4.47. The second kappa shape index (κ2) is 14.5. The fourth-order valence-electron chi connectivity index (χ4n) is 5.58. The van der Waals surface area contributed by atoms with Gasteiger partial charge >= 0.3 is 23.9 Å². The van der Waals surface area contributed by atoms with Crippen molar-refractivity contribution in [2.75, 3.05) is 39.2 Å². The Morgan fingerprint density at radius 3 is 2.11 bits per heavy atom. The molecule has 1 fully saturated rings. The first kappa shape index (κ1) is 32.7. The van der Waals surface area contributed by atoms with Crippen molar-refractivity contribution in [3.05, 3.63) is 53.6 Å². The van der Waals surface area contributed by atoms with Crippen LogP contribution in [0.4, 0.5) is 11.4 Å². The van der Waals surface area contributed by atoms with E-state index in [0.29, 0.717) is 5.75 Å². The molecule has 0 aliphatic carbocycles. The van der Waals surface area contributed by atoms with Gasteiger partial charge in [0, 0.05) is 38.7 Å². The van der Waals surface area contributed by atoms with Crippen molar-refractivity contribution in [2.45, 2.75) is 70.7 Å². The number of anilines is 2. The molecule has 2 aliphatic heterocycles. The van der Waals surface area contributed by atoms with Crippen molar-refractivity contribution in [3.63, 3.8) is 0 Å². The van der Waals surface area contributed by atoms with E-state index in [1.54, 1.807) is 6.07 Å². The molecule has 1 saturated heterocycles. The number of carbonyl (C=O) groups excluding carboxylic acids is 4. The summed E-state index contributed by atoms with van der Waals surface area (Å²) in [7, 11) is 5.24. The molecule has 12 heteroatoms. The van der Waals surface area contributed by atoms with Crippen molar-refractivity contribution in [1.29, 1.82) is 0 Å². The lowest BCUT2D eigenvalue weighted by Gasteiger charge is -2.43. The van der Waals surface area contributed by atoms with E-state index in [-0.39, 0.29) is 0 Å². The van der Waals surface area contributed by atoms with Gasteiger partial charge in [-0.1, -0.05) is 18.2 Å². The maximum atomic E-state index is 12.8. The van der Waals surface area contributed by atoms with E-state index in [4.69, 9.17) is 28.4 Å². The van der Waals surface area contributed by atoms with E-state index in [9.17, 15) is 19.2 Å². The number of esters is 4. The number of aryl methyl sites for hydroxylation is 2. The average molecular weight is 613 g/mol. The largest absolute Gasteiger partial charge is 0.467 e. The molecule has 5 atom stereocenters. The number of hydrogen-bond acceptors (Lipinski definition) is 12. The van der Waals surface area contributed by atoms with E-state index >= 15 is 0 Å². The van der Waals surface area contributed by atoms with Crippen LogP contribution in [0.5, 0.6) is 5.75 Å². The second-order valence-corrected chi connectivity index (χ2v) is 11.0. The van der Waals surface area contributed by atoms with Gasteiger partial charge in [0.2, 0.25) is 12.4 Å². The molecule has 2 heterocycles. The molecule has 238 valence electrons. The molecular weight excluding hydrogens is 572 g/mol. The van der Waals surface area contributed by atoms with E-state index in [1.165, 1.54) is 12.5 Å². The van der Waals surface area contributed by atoms with Gasteiger partial charge < -0.3 is 38.2 Å². The monoisotopic (exact) mass is 612 g/mol. The summed E-state index contributed by atoms with van der Waals surface area (Å²) in [6.07, 6.45) is -4.72. The topological polar surface area (TPSA) is 130 Å². The number of ether oxygens (including phenoxy) is 6. The normalized spacial score (nSPS) is 22.6. The van der Waals surface area contributed by atoms with Crippen LogP contribution in [0.25, 0.3) is 0 Å². The predicted octanol–water partition coefficient (Wildman–Crippen LogP) is 2.95. The molecule has 0 bridgehead atoms. The number of nitrogens with zero attached hydrogens (tertiary/aromatic N) is 2. The second-order valence-electron chi connectivity index (χ2n) is 11.0. The minimum atomic E-state index is -1.53. The van der Waals surface area contributed by atoms with Crippen molar-refractivity contribution in [3.8, 4) is 5.75 Å². The van der Waals surface area contributed by atoms with Gasteiger partial charge in [0.25, 0.3) is 0 Å². The number of hydrogen-bond donors (Lipinski definition) is 0. The Bertz CT molecular complexity index is 1360. The molecule has 44 heavy (non-hydrogen) atoms. The summed E-state index contributed by atoms with van der Waals surface area (Å²) in [6, 6.07) is 14.0. The van der Waals surface area contributed by atoms with Crippen LogP contribution in [0.15, 0.2) is 42.5 Å². The maximum absolute atomic E-state index is 12.8. The Morgan fingerprint density at radius 1 is 0.841 bits per heavy atom. The van der Waals surface area contributed by atoms with Gasteiger partial charge in [0.1, 0.15) is 5.75 Å². The zero-order chi connectivity index (χ0) is 32.0. The SMILES string of the molecule is COC(=O)[C@@H]1O[C@H](Oc2ccc3c(c2)CCc2ccccc2N3CCCN(C)C)[C@@H](OC(C)=O)[C@H](OC(C)=O)[C@H]1OC(C)=O. The van der Waals surface area contributed by atoms with Crippen LogP contribution in [0.1, 0.15) is 38.3 Å². The lowest BCUT2D eigenvalue weighted by molar-refractivity contribution is -0.282. The van der Waals surface area contributed by atoms with Crippen LogP contribution in [0.2, 0.25) is 0 Å². The highest BCUT2D eigenvalue weighted by atomic mass is 16.7. The molecule has 0 N–H and O–H groups in total. The zero-order valence-corrected chi connectivity index (χ0v) is 25.9. The van der Waals surface area contributed by atoms with E-state index in [0.717, 1.165) is 70.2 Å². The summed E-state index contributed by atoms with van der Waals surface area (Å²) in [5, 5.41) is 0. The number of methoxy groups -OCH3 is 1. The Labute approximate surface area is 257 Å². The van der Waals surface area contributed by atoms with E-state index in [2.05, 4.69) is 36.0 Å². The van der Waals surface area contributed by atoms with Gasteiger partial charge in [-0.05, 0) is 75.3 Å². The summed E-state index contributed by atoms with van der Waals surface area (Å²) in [6.45, 7) is 5.18. The minimum Gasteiger partial charge on any atom is -0.467 e. The first-order chi connectivity index (χ1) is 21.0. The van der Waals surface area contributed by atoms with Gasteiger partial charge in [-0.25, -0.2) is 4.79 Å². The summed E-state index contributed by atoms with van der Waals surface area (Å²) >= 11 is 0. The van der Waals surface area contributed by atoms with Crippen molar-refractivity contribution < 1.29 is 47.6 Å². The molecule has 2 aromatic rings. The van der Waals surface area contributed by atoms with E-state index < -0.39 is 54.6 Å². The van der Waals surface area contributed by atoms with Crippen LogP contribution in [-0.4, -0.2) is 93.8 Å². The highest BCUT2D eigenvalue weighted by Crippen LogP contribution is 2.39. The number of benzene rings is 2. The van der Waals surface area contributed by atoms with Crippen LogP contribution >= 0.6 is 0 Å². The third-order valence-electron chi connectivity index (χ3n) is 7.36. The Morgan fingerprint density at radius 2 is 1.45 bits per heavy atom. The Hall–Kier alpha value is -4.16. The fraction of sp³-hybridized carbons (Fsp3) is 0.500. The van der Waals surface area contributed by atoms with Crippen LogP contribution in [0, 0.1) is 0 Å². The lowest BCUT2D eigenvalue weighted by Crippen LogP contribution is -2.64. The highest BCUT2D eigenvalue weighted by Gasteiger charge is 2.55. The number of carbonyl (C=O) groups is 4. The third kappa shape index (κ3) is 7.86. The summed E-state index contributed by atoms with van der Waals surface area (Å²) in [5.74, 6) is -2.77. The minimum absolute atomic E-state index is 0.376. The summed E-state index contributed by atoms with van der Waals surface area (Å²) in [4.78, 5) is 53.5. The lowest BCUT2D eigenvalue weighted by atomic mass is 9.97. The van der Waals surface area contributed by atoms with Gasteiger partial charge in [-0.15, -0.1) is 0 Å². The molecule has 0 spiro atoms. The number of rotatable bonds is 10. The molecule has 12 nitrogen and oxygen atoms in total. The van der Waals surface area contributed by atoms with Crippen molar-refractivity contribution >= 4 is 35.3 Å². The van der Waals surface area contributed by atoms with Crippen LogP contribution < -0.4 is 9.64 Å². The molecule has 0 amide bonds. The fourth-order valence-corrected chi connectivity index (χ4v) is 5.58. The Balaban J connectivity index is 1.69. The highest BCUT2D eigenvalue weighted by molar-refractivity contribution is 5.77. The molecule has 0 aromatic heterocycles. The van der Waals surface area contributed by atoms with E-state index in [1.807, 2.05) is 24.3 Å². The van der Waals surface area contributed by atoms with Gasteiger partial charge in [-0.3, -0.25) is 14.4 Å². The first-order valence-corrected chi connectivity index (χ1v) is 14.5. The molecule has 2 aromatic carbocycles.